The second-order valence-corrected chi connectivity index (χ2v) is 2.70. The standard InChI is InChI=1S/C9H12N2O2/c1-2-6-5-7(11-13)3-4-8(6)9(10)12/h3-5,11,13H,2H2,1H3,(H2,10,12). The Morgan fingerprint density at radius 1 is 1.62 bits per heavy atom. The van der Waals surface area contributed by atoms with Gasteiger partial charge in [-0.2, -0.15) is 0 Å². The predicted octanol–water partition coefficient (Wildman–Crippen LogP) is 1.15. The van der Waals surface area contributed by atoms with Crippen molar-refractivity contribution in [2.24, 2.45) is 5.73 Å². The van der Waals surface area contributed by atoms with Crippen LogP contribution in [-0.4, -0.2) is 11.1 Å². The van der Waals surface area contributed by atoms with E-state index >= 15 is 0 Å². The first-order valence-electron chi connectivity index (χ1n) is 4.02. The van der Waals surface area contributed by atoms with Crippen LogP contribution in [0.15, 0.2) is 18.2 Å². The summed E-state index contributed by atoms with van der Waals surface area (Å²) in [5, 5.41) is 8.62. The van der Waals surface area contributed by atoms with Crippen LogP contribution in [0.5, 0.6) is 0 Å². The molecule has 0 atom stereocenters. The third kappa shape index (κ3) is 1.97. The summed E-state index contributed by atoms with van der Waals surface area (Å²) in [6.45, 7) is 1.92. The van der Waals surface area contributed by atoms with E-state index in [1.165, 1.54) is 0 Å². The number of amides is 1. The molecule has 1 aromatic carbocycles. The molecule has 0 aliphatic rings. The van der Waals surface area contributed by atoms with Crippen molar-refractivity contribution in [2.75, 3.05) is 5.48 Å². The van der Waals surface area contributed by atoms with E-state index in [1.54, 1.807) is 18.2 Å². The third-order valence-corrected chi connectivity index (χ3v) is 1.88. The molecule has 0 fully saturated rings. The fourth-order valence-corrected chi connectivity index (χ4v) is 1.20. The van der Waals surface area contributed by atoms with Gasteiger partial charge in [0.1, 0.15) is 0 Å². The molecule has 4 nitrogen and oxygen atoms in total. The second-order valence-electron chi connectivity index (χ2n) is 2.70. The molecule has 0 aliphatic heterocycles. The van der Waals surface area contributed by atoms with E-state index in [0.29, 0.717) is 17.7 Å². The fraction of sp³-hybridized carbons (Fsp3) is 0.222. The zero-order valence-electron chi connectivity index (χ0n) is 7.37. The monoisotopic (exact) mass is 180 g/mol. The maximum absolute atomic E-state index is 10.9. The molecular formula is C9H12N2O2. The Kier molecular flexibility index (Phi) is 2.87. The largest absolute Gasteiger partial charge is 0.366 e. The van der Waals surface area contributed by atoms with E-state index in [9.17, 15) is 4.79 Å². The van der Waals surface area contributed by atoms with Gasteiger partial charge in [-0.1, -0.05) is 6.92 Å². The molecule has 4 heteroatoms. The van der Waals surface area contributed by atoms with Crippen molar-refractivity contribution in [2.45, 2.75) is 13.3 Å². The van der Waals surface area contributed by atoms with Gasteiger partial charge in [0.05, 0.1) is 5.69 Å². The van der Waals surface area contributed by atoms with Gasteiger partial charge in [0.15, 0.2) is 0 Å². The van der Waals surface area contributed by atoms with E-state index in [1.807, 2.05) is 12.4 Å². The van der Waals surface area contributed by atoms with E-state index in [4.69, 9.17) is 10.9 Å². The third-order valence-electron chi connectivity index (χ3n) is 1.88. The lowest BCUT2D eigenvalue weighted by atomic mass is 10.0. The molecule has 0 spiro atoms. The molecule has 0 bridgehead atoms. The van der Waals surface area contributed by atoms with Crippen LogP contribution in [0.2, 0.25) is 0 Å². The summed E-state index contributed by atoms with van der Waals surface area (Å²) >= 11 is 0. The molecule has 70 valence electrons. The van der Waals surface area contributed by atoms with Gasteiger partial charge in [-0.3, -0.25) is 15.5 Å². The smallest absolute Gasteiger partial charge is 0.248 e. The highest BCUT2D eigenvalue weighted by molar-refractivity contribution is 5.94. The first-order valence-corrected chi connectivity index (χ1v) is 4.02. The van der Waals surface area contributed by atoms with Crippen molar-refractivity contribution in [1.29, 1.82) is 0 Å². The maximum atomic E-state index is 10.9. The number of aryl methyl sites for hydroxylation is 1. The van der Waals surface area contributed by atoms with Crippen molar-refractivity contribution in [1.82, 2.24) is 0 Å². The lowest BCUT2D eigenvalue weighted by Gasteiger charge is -2.06. The predicted molar refractivity (Wildman–Crippen MR) is 49.7 cm³/mol. The Morgan fingerprint density at radius 2 is 2.31 bits per heavy atom. The minimum absolute atomic E-state index is 0.443. The van der Waals surface area contributed by atoms with Crippen LogP contribution in [0, 0.1) is 0 Å². The number of hydrogen-bond acceptors (Lipinski definition) is 3. The molecule has 0 unspecified atom stereocenters. The van der Waals surface area contributed by atoms with Crippen molar-refractivity contribution in [3.63, 3.8) is 0 Å². The molecule has 0 saturated carbocycles. The normalized spacial score (nSPS) is 9.69. The fourth-order valence-electron chi connectivity index (χ4n) is 1.20. The lowest BCUT2D eigenvalue weighted by molar-refractivity contribution is 0.0999. The maximum Gasteiger partial charge on any atom is 0.248 e. The number of carbonyl (C=O) groups excluding carboxylic acids is 1. The van der Waals surface area contributed by atoms with Gasteiger partial charge in [0, 0.05) is 5.56 Å². The van der Waals surface area contributed by atoms with Crippen molar-refractivity contribution >= 4 is 11.6 Å². The van der Waals surface area contributed by atoms with Crippen molar-refractivity contribution in [3.05, 3.63) is 29.3 Å². The molecule has 13 heavy (non-hydrogen) atoms. The second kappa shape index (κ2) is 3.91. The van der Waals surface area contributed by atoms with Gasteiger partial charge < -0.3 is 5.73 Å². The summed E-state index contributed by atoms with van der Waals surface area (Å²) in [5.74, 6) is -0.443. The van der Waals surface area contributed by atoms with Crippen molar-refractivity contribution in [3.8, 4) is 0 Å². The van der Waals surface area contributed by atoms with Gasteiger partial charge in [0.2, 0.25) is 5.91 Å². The number of hydrogen-bond donors (Lipinski definition) is 3. The first kappa shape index (κ1) is 9.54. The number of nitrogens with two attached hydrogens (primary N) is 1. The molecule has 0 radical (unpaired) electrons. The highest BCUT2D eigenvalue weighted by Gasteiger charge is 2.06. The van der Waals surface area contributed by atoms with Gasteiger partial charge in [-0.25, -0.2) is 0 Å². The average Bonchev–Trinajstić information content (AvgIpc) is 2.16. The molecule has 4 N–H and O–H groups in total. The van der Waals surface area contributed by atoms with Crippen LogP contribution in [0.1, 0.15) is 22.8 Å². The number of rotatable bonds is 3. The summed E-state index contributed by atoms with van der Waals surface area (Å²) in [4.78, 5) is 10.9. The Labute approximate surface area is 76.3 Å². The minimum Gasteiger partial charge on any atom is -0.366 e. The summed E-state index contributed by atoms with van der Waals surface area (Å²) in [6, 6.07) is 4.89. The number of primary amides is 1. The summed E-state index contributed by atoms with van der Waals surface area (Å²) in [7, 11) is 0. The average molecular weight is 180 g/mol. The van der Waals surface area contributed by atoms with E-state index in [0.717, 1.165) is 5.56 Å². The Balaban J connectivity index is 3.15. The highest BCUT2D eigenvalue weighted by Crippen LogP contribution is 2.15. The van der Waals surface area contributed by atoms with Crippen LogP contribution in [0.3, 0.4) is 0 Å². The molecular weight excluding hydrogens is 168 g/mol. The lowest BCUT2D eigenvalue weighted by Crippen LogP contribution is -2.13. The Hall–Kier alpha value is -1.55. The van der Waals surface area contributed by atoms with Gasteiger partial charge in [-0.05, 0) is 30.2 Å². The molecule has 0 heterocycles. The van der Waals surface area contributed by atoms with Crippen molar-refractivity contribution < 1.29 is 10.0 Å². The minimum atomic E-state index is -0.443. The number of nitrogens with one attached hydrogen (secondary N) is 1. The van der Waals surface area contributed by atoms with Crippen LogP contribution < -0.4 is 11.2 Å². The topological polar surface area (TPSA) is 75.3 Å². The highest BCUT2D eigenvalue weighted by atomic mass is 16.5. The van der Waals surface area contributed by atoms with Crippen LogP contribution >= 0.6 is 0 Å². The zero-order valence-corrected chi connectivity index (χ0v) is 7.37. The number of anilines is 1. The summed E-state index contributed by atoms with van der Waals surface area (Å²) in [5.41, 5.74) is 9.06. The summed E-state index contributed by atoms with van der Waals surface area (Å²) < 4.78 is 0. The quantitative estimate of drug-likeness (QED) is 0.611. The summed E-state index contributed by atoms with van der Waals surface area (Å²) in [6.07, 6.45) is 0.702. The molecule has 1 amide bonds. The molecule has 0 aromatic heterocycles. The molecule has 0 saturated heterocycles. The molecule has 0 aliphatic carbocycles. The SMILES string of the molecule is CCc1cc(NO)ccc1C(N)=O. The van der Waals surface area contributed by atoms with E-state index in [-0.39, 0.29) is 0 Å². The number of benzene rings is 1. The van der Waals surface area contributed by atoms with Crippen LogP contribution in [-0.2, 0) is 6.42 Å². The number of carbonyl (C=O) groups is 1. The van der Waals surface area contributed by atoms with Gasteiger partial charge in [-0.15, -0.1) is 0 Å². The van der Waals surface area contributed by atoms with E-state index in [2.05, 4.69) is 0 Å². The van der Waals surface area contributed by atoms with Gasteiger partial charge in [0.25, 0.3) is 0 Å². The van der Waals surface area contributed by atoms with Crippen LogP contribution in [0.4, 0.5) is 5.69 Å². The Bertz CT molecular complexity index is 323. The van der Waals surface area contributed by atoms with E-state index < -0.39 is 5.91 Å². The van der Waals surface area contributed by atoms with Crippen LogP contribution in [0.25, 0.3) is 0 Å². The zero-order chi connectivity index (χ0) is 9.84. The molecule has 1 aromatic rings. The Morgan fingerprint density at radius 3 is 2.77 bits per heavy atom. The molecule has 1 rings (SSSR count). The first-order chi connectivity index (χ1) is 6.19. The van der Waals surface area contributed by atoms with Gasteiger partial charge >= 0.3 is 0 Å².